The molecule has 1 aliphatic heterocycles. The van der Waals surface area contributed by atoms with Gasteiger partial charge in [0.05, 0.1) is 11.1 Å². The van der Waals surface area contributed by atoms with Gasteiger partial charge in [0.25, 0.3) is 5.91 Å². The van der Waals surface area contributed by atoms with Gasteiger partial charge in [-0.15, -0.1) is 0 Å². The first kappa shape index (κ1) is 17.0. The molecule has 28 heavy (non-hydrogen) atoms. The van der Waals surface area contributed by atoms with Crippen LogP contribution in [0.1, 0.15) is 36.0 Å². The third-order valence-electron chi connectivity index (χ3n) is 5.71. The van der Waals surface area contributed by atoms with Crippen molar-refractivity contribution in [2.75, 3.05) is 24.5 Å². The Morgan fingerprint density at radius 2 is 2.00 bits per heavy atom. The summed E-state index contributed by atoms with van der Waals surface area (Å²) in [6.07, 6.45) is 6.63. The van der Waals surface area contributed by atoms with Crippen molar-refractivity contribution in [3.63, 3.8) is 0 Å². The van der Waals surface area contributed by atoms with E-state index in [0.717, 1.165) is 13.1 Å². The lowest BCUT2D eigenvalue weighted by atomic mass is 10.1. The van der Waals surface area contributed by atoms with Gasteiger partial charge in [0.1, 0.15) is 11.6 Å². The minimum Gasteiger partial charge on any atom is -0.354 e. The number of imidazole rings is 1. The first-order valence-corrected chi connectivity index (χ1v) is 9.81. The summed E-state index contributed by atoms with van der Waals surface area (Å²) in [6.45, 7) is 2.20. The number of aromatic amines is 1. The SMILES string of the molecule is O=C1NCCN(CC2CCCC2)c2nc(-n3c(=O)[nH]c4ncccc43)ccc21. The van der Waals surface area contributed by atoms with Crippen molar-refractivity contribution in [3.8, 4) is 5.82 Å². The molecule has 0 aromatic carbocycles. The van der Waals surface area contributed by atoms with Crippen LogP contribution < -0.4 is 15.9 Å². The number of amides is 1. The van der Waals surface area contributed by atoms with Gasteiger partial charge < -0.3 is 10.2 Å². The highest BCUT2D eigenvalue weighted by Crippen LogP contribution is 2.29. The minimum absolute atomic E-state index is 0.115. The van der Waals surface area contributed by atoms with Gasteiger partial charge in [-0.2, -0.15) is 0 Å². The molecule has 3 aromatic rings. The number of hydrogen-bond acceptors (Lipinski definition) is 5. The van der Waals surface area contributed by atoms with Crippen LogP contribution in [0.25, 0.3) is 17.0 Å². The van der Waals surface area contributed by atoms with Crippen molar-refractivity contribution in [1.29, 1.82) is 0 Å². The molecule has 8 nitrogen and oxygen atoms in total. The number of H-pyrrole nitrogens is 1. The van der Waals surface area contributed by atoms with Crippen molar-refractivity contribution in [1.82, 2.24) is 24.8 Å². The van der Waals surface area contributed by atoms with E-state index in [4.69, 9.17) is 4.98 Å². The lowest BCUT2D eigenvalue weighted by molar-refractivity contribution is 0.0958. The van der Waals surface area contributed by atoms with Crippen LogP contribution >= 0.6 is 0 Å². The summed E-state index contributed by atoms with van der Waals surface area (Å²) in [5, 5.41) is 2.95. The second-order valence-corrected chi connectivity index (χ2v) is 7.53. The molecular weight excluding hydrogens is 356 g/mol. The Hall–Kier alpha value is -3.16. The summed E-state index contributed by atoms with van der Waals surface area (Å²) >= 11 is 0. The maximum absolute atomic E-state index is 12.5. The van der Waals surface area contributed by atoms with Crippen LogP contribution in [0.2, 0.25) is 0 Å². The molecule has 2 aliphatic rings. The highest BCUT2D eigenvalue weighted by atomic mass is 16.2. The van der Waals surface area contributed by atoms with Gasteiger partial charge in [0.2, 0.25) is 0 Å². The molecule has 0 atom stereocenters. The number of hydrogen-bond donors (Lipinski definition) is 2. The first-order valence-electron chi connectivity index (χ1n) is 9.81. The fourth-order valence-electron chi connectivity index (χ4n) is 4.34. The molecule has 0 bridgehead atoms. The molecule has 144 valence electrons. The Labute approximate surface area is 161 Å². The van der Waals surface area contributed by atoms with E-state index in [-0.39, 0.29) is 11.6 Å². The zero-order valence-corrected chi connectivity index (χ0v) is 15.5. The highest BCUT2D eigenvalue weighted by Gasteiger charge is 2.26. The zero-order valence-electron chi connectivity index (χ0n) is 15.5. The second kappa shape index (κ2) is 6.78. The fraction of sp³-hybridized carbons (Fsp3) is 0.400. The molecular formula is C20H22N6O2. The van der Waals surface area contributed by atoms with E-state index in [1.165, 1.54) is 30.3 Å². The van der Waals surface area contributed by atoms with Crippen LogP contribution in [0.4, 0.5) is 5.82 Å². The fourth-order valence-corrected chi connectivity index (χ4v) is 4.34. The van der Waals surface area contributed by atoms with E-state index < -0.39 is 0 Å². The minimum atomic E-state index is -0.290. The Kier molecular flexibility index (Phi) is 4.11. The normalized spacial score (nSPS) is 17.6. The number of carbonyl (C=O) groups excluding carboxylic acids is 1. The molecule has 0 unspecified atom stereocenters. The Morgan fingerprint density at radius 1 is 1.14 bits per heavy atom. The topological polar surface area (TPSA) is 95.9 Å². The van der Waals surface area contributed by atoms with Crippen LogP contribution in [0, 0.1) is 5.92 Å². The first-order chi connectivity index (χ1) is 13.7. The average Bonchev–Trinajstić information content (AvgIpc) is 3.29. The summed E-state index contributed by atoms with van der Waals surface area (Å²) in [5.74, 6) is 1.67. The van der Waals surface area contributed by atoms with E-state index >= 15 is 0 Å². The molecule has 1 amide bonds. The van der Waals surface area contributed by atoms with Gasteiger partial charge in [0, 0.05) is 25.8 Å². The number of pyridine rings is 2. The van der Waals surface area contributed by atoms with E-state index in [9.17, 15) is 9.59 Å². The van der Waals surface area contributed by atoms with E-state index in [0.29, 0.717) is 40.8 Å². The number of aromatic nitrogens is 4. The van der Waals surface area contributed by atoms with Gasteiger partial charge in [0.15, 0.2) is 5.65 Å². The zero-order chi connectivity index (χ0) is 19.1. The summed E-state index contributed by atoms with van der Waals surface area (Å²) in [7, 11) is 0. The monoisotopic (exact) mass is 378 g/mol. The predicted octanol–water partition coefficient (Wildman–Crippen LogP) is 1.85. The standard InChI is InChI=1S/C20H22N6O2/c27-19-14-7-8-16(26-15-6-3-9-21-17(15)24-20(26)28)23-18(14)25(11-10-22-19)12-13-4-1-2-5-13/h3,6-9,13H,1-2,4-5,10-12H2,(H,22,27)(H,21,24,28). The number of fused-ring (bicyclic) bond motifs is 2. The highest BCUT2D eigenvalue weighted by molar-refractivity contribution is 5.99. The molecule has 4 heterocycles. The van der Waals surface area contributed by atoms with Crippen LogP contribution in [0.3, 0.4) is 0 Å². The summed E-state index contributed by atoms with van der Waals surface area (Å²) in [5.41, 5.74) is 1.46. The summed E-state index contributed by atoms with van der Waals surface area (Å²) < 4.78 is 1.51. The molecule has 0 radical (unpaired) electrons. The van der Waals surface area contributed by atoms with Crippen molar-refractivity contribution >= 4 is 22.9 Å². The van der Waals surface area contributed by atoms with Crippen molar-refractivity contribution in [2.45, 2.75) is 25.7 Å². The van der Waals surface area contributed by atoms with E-state index in [2.05, 4.69) is 20.2 Å². The largest absolute Gasteiger partial charge is 0.354 e. The molecule has 5 rings (SSSR count). The predicted molar refractivity (Wildman–Crippen MR) is 106 cm³/mol. The van der Waals surface area contributed by atoms with Gasteiger partial charge in [-0.1, -0.05) is 12.8 Å². The maximum Gasteiger partial charge on any atom is 0.333 e. The third kappa shape index (κ3) is 2.85. The number of carbonyl (C=O) groups is 1. The average molecular weight is 378 g/mol. The lowest BCUT2D eigenvalue weighted by Crippen LogP contribution is -2.34. The molecule has 0 saturated heterocycles. The van der Waals surface area contributed by atoms with Gasteiger partial charge in [-0.05, 0) is 43.0 Å². The summed E-state index contributed by atoms with van der Waals surface area (Å²) in [4.78, 5) is 39.0. The van der Waals surface area contributed by atoms with Gasteiger partial charge in [-0.25, -0.2) is 19.3 Å². The summed E-state index contributed by atoms with van der Waals surface area (Å²) in [6, 6.07) is 7.10. The molecule has 2 N–H and O–H groups in total. The Balaban J connectivity index is 1.62. The molecule has 3 aromatic heterocycles. The van der Waals surface area contributed by atoms with Crippen molar-refractivity contribution in [2.24, 2.45) is 5.92 Å². The molecule has 1 fully saturated rings. The molecule has 0 spiro atoms. The molecule has 1 saturated carbocycles. The maximum atomic E-state index is 12.5. The molecule has 1 aliphatic carbocycles. The van der Waals surface area contributed by atoms with Crippen LogP contribution in [0.5, 0.6) is 0 Å². The Morgan fingerprint density at radius 3 is 2.86 bits per heavy atom. The molecule has 8 heteroatoms. The number of nitrogens with one attached hydrogen (secondary N) is 2. The lowest BCUT2D eigenvalue weighted by Gasteiger charge is -2.26. The number of anilines is 1. The van der Waals surface area contributed by atoms with Crippen molar-refractivity contribution in [3.05, 3.63) is 46.5 Å². The van der Waals surface area contributed by atoms with Gasteiger partial charge >= 0.3 is 5.69 Å². The number of rotatable bonds is 3. The quantitative estimate of drug-likeness (QED) is 0.725. The van der Waals surface area contributed by atoms with Crippen LogP contribution in [-0.2, 0) is 0 Å². The van der Waals surface area contributed by atoms with Crippen LogP contribution in [0.15, 0.2) is 35.3 Å². The van der Waals surface area contributed by atoms with Crippen molar-refractivity contribution < 1.29 is 4.79 Å². The third-order valence-corrected chi connectivity index (χ3v) is 5.71. The van der Waals surface area contributed by atoms with Gasteiger partial charge in [-0.3, -0.25) is 9.78 Å². The van der Waals surface area contributed by atoms with Crippen LogP contribution in [-0.4, -0.2) is 45.1 Å². The van der Waals surface area contributed by atoms with E-state index in [1.54, 1.807) is 24.4 Å². The smallest absolute Gasteiger partial charge is 0.333 e. The Bertz CT molecular complexity index is 1100. The number of nitrogens with zero attached hydrogens (tertiary/aromatic N) is 4. The second-order valence-electron chi connectivity index (χ2n) is 7.53. The van der Waals surface area contributed by atoms with E-state index in [1.807, 2.05) is 6.07 Å².